The number of ether oxygens (including phenoxy) is 1. The van der Waals surface area contributed by atoms with E-state index in [-0.39, 0.29) is 23.8 Å². The summed E-state index contributed by atoms with van der Waals surface area (Å²) in [6.45, 7) is 9.67. The SMILES string of the molecule is CCC(C)(C)c1ccc(OCC(=O)Nc2cccc(C(=O)N3CCN(C)CC3)c2)cc1. The summed E-state index contributed by atoms with van der Waals surface area (Å²) in [7, 11) is 2.06. The van der Waals surface area contributed by atoms with Gasteiger partial charge in [-0.3, -0.25) is 9.59 Å². The molecule has 0 spiro atoms. The first-order valence-corrected chi connectivity index (χ1v) is 10.9. The van der Waals surface area contributed by atoms with E-state index in [1.165, 1.54) is 5.56 Å². The van der Waals surface area contributed by atoms with Gasteiger partial charge in [-0.05, 0) is 54.8 Å². The first kappa shape index (κ1) is 22.8. The van der Waals surface area contributed by atoms with Crippen LogP contribution in [-0.2, 0) is 10.2 Å². The van der Waals surface area contributed by atoms with Crippen LogP contribution in [0.15, 0.2) is 48.5 Å². The van der Waals surface area contributed by atoms with Crippen LogP contribution in [0.1, 0.15) is 43.1 Å². The Kier molecular flexibility index (Phi) is 7.33. The zero-order valence-corrected chi connectivity index (χ0v) is 19.0. The topological polar surface area (TPSA) is 61.9 Å². The van der Waals surface area contributed by atoms with Crippen LogP contribution in [0.5, 0.6) is 5.75 Å². The minimum Gasteiger partial charge on any atom is -0.484 e. The van der Waals surface area contributed by atoms with Gasteiger partial charge in [0.05, 0.1) is 0 Å². The molecular weight excluding hydrogens is 390 g/mol. The number of anilines is 1. The fourth-order valence-electron chi connectivity index (χ4n) is 3.47. The van der Waals surface area contributed by atoms with Gasteiger partial charge in [-0.2, -0.15) is 0 Å². The lowest BCUT2D eigenvalue weighted by Crippen LogP contribution is -2.47. The Balaban J connectivity index is 1.54. The van der Waals surface area contributed by atoms with Crippen molar-refractivity contribution in [2.75, 3.05) is 45.2 Å². The van der Waals surface area contributed by atoms with Crippen molar-refractivity contribution < 1.29 is 14.3 Å². The number of amides is 2. The molecule has 1 aliphatic heterocycles. The maximum atomic E-state index is 12.7. The second-order valence-electron chi connectivity index (χ2n) is 8.77. The maximum Gasteiger partial charge on any atom is 0.262 e. The lowest BCUT2D eigenvalue weighted by atomic mass is 9.82. The van der Waals surface area contributed by atoms with Crippen molar-refractivity contribution in [1.82, 2.24) is 9.80 Å². The summed E-state index contributed by atoms with van der Waals surface area (Å²) < 4.78 is 5.63. The minimum atomic E-state index is -0.262. The number of hydrogen-bond donors (Lipinski definition) is 1. The van der Waals surface area contributed by atoms with Crippen LogP contribution < -0.4 is 10.1 Å². The van der Waals surface area contributed by atoms with Gasteiger partial charge in [0, 0.05) is 37.4 Å². The van der Waals surface area contributed by atoms with Crippen molar-refractivity contribution in [2.45, 2.75) is 32.6 Å². The Morgan fingerprint density at radius 1 is 1.03 bits per heavy atom. The maximum absolute atomic E-state index is 12.7. The highest BCUT2D eigenvalue weighted by atomic mass is 16.5. The Morgan fingerprint density at radius 2 is 1.71 bits per heavy atom. The van der Waals surface area contributed by atoms with Gasteiger partial charge in [0.15, 0.2) is 6.61 Å². The quantitative estimate of drug-likeness (QED) is 0.736. The van der Waals surface area contributed by atoms with Crippen molar-refractivity contribution >= 4 is 17.5 Å². The van der Waals surface area contributed by atoms with E-state index in [9.17, 15) is 9.59 Å². The van der Waals surface area contributed by atoms with E-state index < -0.39 is 0 Å². The van der Waals surface area contributed by atoms with Crippen molar-refractivity contribution in [3.05, 3.63) is 59.7 Å². The van der Waals surface area contributed by atoms with Crippen molar-refractivity contribution in [1.29, 1.82) is 0 Å². The van der Waals surface area contributed by atoms with E-state index in [4.69, 9.17) is 4.74 Å². The molecule has 2 aromatic rings. The van der Waals surface area contributed by atoms with Gasteiger partial charge >= 0.3 is 0 Å². The molecule has 1 aliphatic rings. The third kappa shape index (κ3) is 6.07. The van der Waals surface area contributed by atoms with Crippen LogP contribution in [0, 0.1) is 0 Å². The number of nitrogens with zero attached hydrogens (tertiary/aromatic N) is 2. The van der Waals surface area contributed by atoms with Crippen LogP contribution in [0.3, 0.4) is 0 Å². The Labute approximate surface area is 185 Å². The lowest BCUT2D eigenvalue weighted by molar-refractivity contribution is -0.118. The van der Waals surface area contributed by atoms with Gasteiger partial charge in [0.25, 0.3) is 11.8 Å². The summed E-state index contributed by atoms with van der Waals surface area (Å²) >= 11 is 0. The van der Waals surface area contributed by atoms with Crippen LogP contribution in [0.25, 0.3) is 0 Å². The number of benzene rings is 2. The fourth-order valence-corrected chi connectivity index (χ4v) is 3.47. The summed E-state index contributed by atoms with van der Waals surface area (Å²) in [4.78, 5) is 29.1. The highest BCUT2D eigenvalue weighted by Crippen LogP contribution is 2.28. The second kappa shape index (κ2) is 9.96. The molecule has 1 fully saturated rings. The smallest absolute Gasteiger partial charge is 0.262 e. The Bertz CT molecular complexity index is 900. The third-order valence-electron chi connectivity index (χ3n) is 6.07. The first-order valence-electron chi connectivity index (χ1n) is 10.9. The van der Waals surface area contributed by atoms with Crippen molar-refractivity contribution in [3.63, 3.8) is 0 Å². The molecule has 2 aromatic carbocycles. The molecule has 166 valence electrons. The van der Waals surface area contributed by atoms with Gasteiger partial charge in [0.1, 0.15) is 5.75 Å². The molecule has 2 amide bonds. The molecule has 1 heterocycles. The van der Waals surface area contributed by atoms with Gasteiger partial charge in [-0.1, -0.05) is 39.0 Å². The number of rotatable bonds is 7. The van der Waals surface area contributed by atoms with Crippen molar-refractivity contribution in [2.24, 2.45) is 0 Å². The van der Waals surface area contributed by atoms with Gasteiger partial charge in [0.2, 0.25) is 0 Å². The standard InChI is InChI=1S/C25H33N3O3/c1-5-25(2,3)20-9-11-22(12-10-20)31-18-23(29)26-21-8-6-7-19(17-21)24(30)28-15-13-27(4)14-16-28/h6-12,17H,5,13-16,18H2,1-4H3,(H,26,29). The normalized spacial score (nSPS) is 14.9. The molecule has 1 N–H and O–H groups in total. The average Bonchev–Trinajstić information content (AvgIpc) is 2.78. The molecule has 0 radical (unpaired) electrons. The number of hydrogen-bond acceptors (Lipinski definition) is 4. The Morgan fingerprint density at radius 3 is 2.35 bits per heavy atom. The lowest BCUT2D eigenvalue weighted by Gasteiger charge is -2.32. The molecular formula is C25H33N3O3. The molecule has 31 heavy (non-hydrogen) atoms. The van der Waals surface area contributed by atoms with Gasteiger partial charge < -0.3 is 19.9 Å². The number of carbonyl (C=O) groups is 2. The van der Waals surface area contributed by atoms with E-state index >= 15 is 0 Å². The second-order valence-corrected chi connectivity index (χ2v) is 8.77. The van der Waals surface area contributed by atoms with E-state index in [1.54, 1.807) is 24.3 Å². The largest absolute Gasteiger partial charge is 0.484 e. The van der Waals surface area contributed by atoms with E-state index in [1.807, 2.05) is 29.2 Å². The zero-order valence-electron chi connectivity index (χ0n) is 19.0. The predicted molar refractivity (Wildman–Crippen MR) is 124 cm³/mol. The minimum absolute atomic E-state index is 0.00413. The highest BCUT2D eigenvalue weighted by Gasteiger charge is 2.21. The van der Waals surface area contributed by atoms with Gasteiger partial charge in [-0.15, -0.1) is 0 Å². The number of nitrogens with one attached hydrogen (secondary N) is 1. The summed E-state index contributed by atoms with van der Waals surface area (Å²) in [5.74, 6) is 0.391. The Hall–Kier alpha value is -2.86. The predicted octanol–water partition coefficient (Wildman–Crippen LogP) is 3.78. The van der Waals surface area contributed by atoms with Gasteiger partial charge in [-0.25, -0.2) is 0 Å². The summed E-state index contributed by atoms with van der Waals surface area (Å²) in [5.41, 5.74) is 2.53. The molecule has 0 aromatic heterocycles. The fraction of sp³-hybridized carbons (Fsp3) is 0.440. The molecule has 6 heteroatoms. The number of carbonyl (C=O) groups excluding carboxylic acids is 2. The summed E-state index contributed by atoms with van der Waals surface area (Å²) in [6, 6.07) is 15.0. The third-order valence-corrected chi connectivity index (χ3v) is 6.07. The molecule has 1 saturated heterocycles. The average molecular weight is 424 g/mol. The molecule has 0 saturated carbocycles. The van der Waals surface area contributed by atoms with Crippen molar-refractivity contribution in [3.8, 4) is 5.75 Å². The number of piperazine rings is 1. The van der Waals surface area contributed by atoms with E-state index in [0.29, 0.717) is 30.1 Å². The monoisotopic (exact) mass is 423 g/mol. The van der Waals surface area contributed by atoms with E-state index in [0.717, 1.165) is 19.5 Å². The summed E-state index contributed by atoms with van der Waals surface area (Å²) in [5, 5.41) is 2.82. The molecule has 0 bridgehead atoms. The molecule has 0 atom stereocenters. The van der Waals surface area contributed by atoms with Crippen LogP contribution in [0.4, 0.5) is 5.69 Å². The number of likely N-dealkylation sites (N-methyl/N-ethyl adjacent to an activating group) is 1. The first-order chi connectivity index (χ1) is 14.8. The van der Waals surface area contributed by atoms with E-state index in [2.05, 4.69) is 38.0 Å². The highest BCUT2D eigenvalue weighted by molar-refractivity contribution is 5.97. The zero-order chi connectivity index (χ0) is 22.4. The van der Waals surface area contributed by atoms with Crippen LogP contribution in [0.2, 0.25) is 0 Å². The van der Waals surface area contributed by atoms with Crippen LogP contribution >= 0.6 is 0 Å². The summed E-state index contributed by atoms with van der Waals surface area (Å²) in [6.07, 6.45) is 1.05. The molecule has 0 aliphatic carbocycles. The van der Waals surface area contributed by atoms with Crippen LogP contribution in [-0.4, -0.2) is 61.4 Å². The molecule has 0 unspecified atom stereocenters. The molecule has 3 rings (SSSR count). The molecule has 6 nitrogen and oxygen atoms in total.